The number of carbonyl (C=O) groups excluding carboxylic acids is 1. The number of allylic oxidation sites excluding steroid dienone is 10. The molecule has 1 unspecified atom stereocenters. The molecule has 6 atom stereocenters. The fourth-order valence-electron chi connectivity index (χ4n) is 5.30. The number of nitrogens with two attached hydrogens (primary N) is 1. The number of unbranched alkanes of at least 4 members (excludes halogenated alkanes) is 9. The summed E-state index contributed by atoms with van der Waals surface area (Å²) in [6.45, 7) is 4.29. The lowest BCUT2D eigenvalue weighted by molar-refractivity contribution is -0.870. The van der Waals surface area contributed by atoms with E-state index in [0.29, 0.717) is 17.4 Å². The number of aliphatic carboxylic acids is 1. The van der Waals surface area contributed by atoms with Gasteiger partial charge in [0, 0.05) is 17.4 Å². The Bertz CT molecular complexity index is 1300. The molecule has 14 heteroatoms. The van der Waals surface area contributed by atoms with E-state index in [2.05, 4.69) is 43.5 Å². The van der Waals surface area contributed by atoms with Crippen molar-refractivity contribution in [2.24, 2.45) is 5.73 Å². The number of hydrogen-bond donors (Lipinski definition) is 6. The molecule has 0 aromatic carbocycles. The fourth-order valence-corrected chi connectivity index (χ4v) is 7.17. The first-order chi connectivity index (χ1) is 27.6. The molecule has 0 bridgehead atoms. The lowest BCUT2D eigenvalue weighted by atomic mass is 10.1. The van der Waals surface area contributed by atoms with E-state index in [9.17, 15) is 29.3 Å². The van der Waals surface area contributed by atoms with E-state index in [1.807, 2.05) is 45.4 Å². The predicted octanol–water partition coefficient (Wildman–Crippen LogP) is 8.17. The van der Waals surface area contributed by atoms with Crippen molar-refractivity contribution in [2.75, 3.05) is 46.7 Å². The van der Waals surface area contributed by atoms with Crippen molar-refractivity contribution in [3.63, 3.8) is 0 Å². The number of amides is 1. The molecule has 1 amide bonds. The molecule has 58 heavy (non-hydrogen) atoms. The maximum atomic E-state index is 13.3. The summed E-state index contributed by atoms with van der Waals surface area (Å²) in [6, 6.07) is -2.19. The van der Waals surface area contributed by atoms with Gasteiger partial charge >= 0.3 is 13.8 Å². The van der Waals surface area contributed by atoms with Gasteiger partial charge in [-0.1, -0.05) is 125 Å². The van der Waals surface area contributed by atoms with Gasteiger partial charge in [0.1, 0.15) is 13.2 Å². The normalized spacial score (nSPS) is 16.6. The van der Waals surface area contributed by atoms with Crippen molar-refractivity contribution in [3.8, 4) is 0 Å². The molecule has 0 saturated heterocycles. The van der Waals surface area contributed by atoms with E-state index in [1.54, 1.807) is 18.2 Å². The van der Waals surface area contributed by atoms with Crippen LogP contribution in [0.4, 0.5) is 0 Å². The predicted molar refractivity (Wildman–Crippen MR) is 240 cm³/mol. The third-order valence-corrected chi connectivity index (χ3v) is 11.3. The minimum absolute atomic E-state index is 0.0355. The molecule has 0 fully saturated rings. The van der Waals surface area contributed by atoms with E-state index in [0.717, 1.165) is 25.7 Å². The highest BCUT2D eigenvalue weighted by Crippen LogP contribution is 2.43. The van der Waals surface area contributed by atoms with Gasteiger partial charge in [0.05, 0.1) is 52.0 Å². The van der Waals surface area contributed by atoms with Crippen LogP contribution in [-0.2, 0) is 23.2 Å². The molecule has 0 aliphatic heterocycles. The summed E-state index contributed by atoms with van der Waals surface area (Å²) in [5.74, 6) is -1.48. The number of aliphatic hydroxyl groups is 2. The molecule has 0 spiro atoms. The molecule has 0 aliphatic rings. The quantitative estimate of drug-likeness (QED) is 0.0116. The number of phosphoric acid groups is 1. The SMILES string of the molecule is CCCCC/C=C\C\C=C/C=C/C=C/[C@@H](SC[C@H](N)C(=O)N[C@@H](COP(=O)(O)OCC[N+](C)(C)C)[C@H](O)/C=C/CC/C=C\CCCCCCC)[C@@H](O)CCCC(=O)O. The number of rotatable bonds is 37. The van der Waals surface area contributed by atoms with Gasteiger partial charge in [0.25, 0.3) is 0 Å². The van der Waals surface area contributed by atoms with Crippen LogP contribution in [0.25, 0.3) is 0 Å². The fraction of sp³-hybridized carbons (Fsp3) is 0.682. The number of nitrogens with one attached hydrogen (secondary N) is 1. The van der Waals surface area contributed by atoms with Crippen LogP contribution in [0.15, 0.2) is 72.9 Å². The highest BCUT2D eigenvalue weighted by Gasteiger charge is 2.29. The second-order valence-corrected chi connectivity index (χ2v) is 18.2. The van der Waals surface area contributed by atoms with Crippen LogP contribution < -0.4 is 11.1 Å². The van der Waals surface area contributed by atoms with Crippen LogP contribution in [0.3, 0.4) is 0 Å². The van der Waals surface area contributed by atoms with E-state index >= 15 is 0 Å². The summed E-state index contributed by atoms with van der Waals surface area (Å²) >= 11 is 1.25. The van der Waals surface area contributed by atoms with E-state index in [-0.39, 0.29) is 31.6 Å². The summed E-state index contributed by atoms with van der Waals surface area (Å²) in [4.78, 5) is 34.7. The van der Waals surface area contributed by atoms with Crippen LogP contribution in [0.1, 0.15) is 117 Å². The summed E-state index contributed by atoms with van der Waals surface area (Å²) in [5.41, 5.74) is 6.30. The Balaban J connectivity index is 5.56. The summed E-state index contributed by atoms with van der Waals surface area (Å²) in [6.07, 6.45) is 35.7. The second kappa shape index (κ2) is 35.4. The number of quaternary nitrogens is 1. The molecule has 12 nitrogen and oxygen atoms in total. The number of aliphatic hydroxyl groups excluding tert-OH is 2. The minimum atomic E-state index is -4.50. The molecule has 0 saturated carbocycles. The first-order valence-electron chi connectivity index (χ1n) is 21.3. The van der Waals surface area contributed by atoms with Crippen molar-refractivity contribution >= 4 is 31.5 Å². The zero-order chi connectivity index (χ0) is 43.5. The van der Waals surface area contributed by atoms with Crippen molar-refractivity contribution in [3.05, 3.63) is 72.9 Å². The molecular formula is C44H79N3O9PS+. The van der Waals surface area contributed by atoms with Gasteiger partial charge in [0.15, 0.2) is 0 Å². The van der Waals surface area contributed by atoms with Crippen LogP contribution in [0, 0.1) is 0 Å². The average molecular weight is 857 g/mol. The average Bonchev–Trinajstić information content (AvgIpc) is 3.15. The lowest BCUT2D eigenvalue weighted by Gasteiger charge is -2.26. The Labute approximate surface area is 355 Å². The highest BCUT2D eigenvalue weighted by atomic mass is 32.2. The van der Waals surface area contributed by atoms with Gasteiger partial charge in [-0.15, -0.1) is 11.8 Å². The van der Waals surface area contributed by atoms with Gasteiger partial charge in [-0.25, -0.2) is 4.57 Å². The van der Waals surface area contributed by atoms with E-state index in [1.165, 1.54) is 69.2 Å². The maximum absolute atomic E-state index is 13.3. The molecule has 0 radical (unpaired) electrons. The van der Waals surface area contributed by atoms with Gasteiger partial charge in [0.2, 0.25) is 5.91 Å². The summed E-state index contributed by atoms with van der Waals surface area (Å²) < 4.78 is 23.5. The highest BCUT2D eigenvalue weighted by molar-refractivity contribution is 8.00. The lowest BCUT2D eigenvalue weighted by Crippen LogP contribution is -2.52. The smallest absolute Gasteiger partial charge is 0.472 e. The van der Waals surface area contributed by atoms with Crippen molar-refractivity contribution in [1.29, 1.82) is 0 Å². The number of carbonyl (C=O) groups is 2. The Hall–Kier alpha value is -2.32. The van der Waals surface area contributed by atoms with E-state index < -0.39 is 55.8 Å². The third-order valence-electron chi connectivity index (χ3n) is 8.91. The summed E-state index contributed by atoms with van der Waals surface area (Å²) in [5, 5.41) is 33.3. The minimum Gasteiger partial charge on any atom is -0.481 e. The largest absolute Gasteiger partial charge is 0.481 e. The molecular weight excluding hydrogens is 778 g/mol. The zero-order valence-electron chi connectivity index (χ0n) is 36.2. The van der Waals surface area contributed by atoms with Crippen LogP contribution in [0.5, 0.6) is 0 Å². The molecule has 0 aromatic rings. The monoisotopic (exact) mass is 857 g/mol. The number of carboxylic acids is 1. The molecule has 0 rings (SSSR count). The number of phosphoric ester groups is 1. The third kappa shape index (κ3) is 34.5. The van der Waals surface area contributed by atoms with E-state index in [4.69, 9.17) is 19.9 Å². The maximum Gasteiger partial charge on any atom is 0.472 e. The van der Waals surface area contributed by atoms with Gasteiger partial charge in [-0.3, -0.25) is 18.6 Å². The van der Waals surface area contributed by atoms with Crippen molar-refractivity contribution in [1.82, 2.24) is 5.32 Å². The van der Waals surface area contributed by atoms with Crippen molar-refractivity contribution < 1.29 is 47.9 Å². The van der Waals surface area contributed by atoms with Crippen LogP contribution in [-0.4, -0.2) is 113 Å². The number of thioether (sulfide) groups is 1. The standard InChI is InChI=1S/C44H78N3O9PS/c1-6-8-10-12-14-16-18-20-22-24-26-28-32-42(41(49)31-29-33-43(50)51)58-37-38(45)44(52)46-39(36-56-57(53,54)55-35-34-47(3,4)5)40(48)30-27-25-23-21-19-17-15-13-11-9-7-2/h14,16,19-22,24,26-28,30,32,38-42,48-49H,6-13,15,17-18,23,25,29,31,33-37,45H2,1-5H3,(H2-,46,50,51,52,53,54)/p+1/b16-14-,21-19-,22-20-,26-24+,30-27+,32-28+/t38-,39-,40+,41-,42+/m0/s1. The van der Waals surface area contributed by atoms with Gasteiger partial charge in [-0.2, -0.15) is 0 Å². The number of likely N-dealkylation sites (N-methyl/N-ethyl adjacent to an activating group) is 1. The first kappa shape index (κ1) is 55.7. The molecule has 0 heterocycles. The first-order valence-corrected chi connectivity index (χ1v) is 23.8. The Morgan fingerprint density at radius 3 is 2.10 bits per heavy atom. The Morgan fingerprint density at radius 2 is 1.41 bits per heavy atom. The summed E-state index contributed by atoms with van der Waals surface area (Å²) in [7, 11) is 1.24. The number of nitrogens with zero attached hydrogens (tertiary/aromatic N) is 1. The second-order valence-electron chi connectivity index (χ2n) is 15.6. The molecule has 7 N–H and O–H groups in total. The van der Waals surface area contributed by atoms with Crippen LogP contribution >= 0.6 is 19.6 Å². The van der Waals surface area contributed by atoms with Gasteiger partial charge in [-0.05, 0) is 57.8 Å². The van der Waals surface area contributed by atoms with Gasteiger partial charge < -0.3 is 35.7 Å². The number of carboxylic acid groups (broad SMARTS) is 1. The molecule has 0 aromatic heterocycles. The number of hydrogen-bond acceptors (Lipinski definition) is 9. The van der Waals surface area contributed by atoms with Crippen LogP contribution in [0.2, 0.25) is 0 Å². The van der Waals surface area contributed by atoms with Crippen molar-refractivity contribution in [2.45, 2.75) is 146 Å². The topological polar surface area (TPSA) is 189 Å². The molecule has 334 valence electrons. The Morgan fingerprint density at radius 1 is 0.793 bits per heavy atom. The zero-order valence-corrected chi connectivity index (χ0v) is 37.9. The molecule has 0 aliphatic carbocycles. The Kier molecular flexibility index (Phi) is 34.0.